The normalized spacial score (nSPS) is 10.2. The Kier molecular flexibility index (Phi) is 6.18. The Morgan fingerprint density at radius 1 is 1.09 bits per heavy atom. The Morgan fingerprint density at radius 2 is 1.78 bits per heavy atom. The first-order valence-electron chi connectivity index (χ1n) is 7.30. The molecule has 0 aliphatic carbocycles. The minimum atomic E-state index is -0.225. The number of ether oxygens (including phenoxy) is 1. The largest absolute Gasteiger partial charge is 0.483 e. The van der Waals surface area contributed by atoms with E-state index >= 15 is 0 Å². The Morgan fingerprint density at radius 3 is 2.48 bits per heavy atom. The number of carbonyl (C=O) groups is 2. The molecule has 0 spiro atoms. The van der Waals surface area contributed by atoms with Crippen LogP contribution in [0.1, 0.15) is 22.8 Å². The van der Waals surface area contributed by atoms with Crippen LogP contribution in [-0.4, -0.2) is 24.8 Å². The van der Waals surface area contributed by atoms with Crippen molar-refractivity contribution >= 4 is 23.3 Å². The summed E-state index contributed by atoms with van der Waals surface area (Å²) >= 11 is 5.82. The van der Waals surface area contributed by atoms with Crippen LogP contribution >= 0.6 is 11.6 Å². The van der Waals surface area contributed by atoms with E-state index < -0.39 is 0 Å². The lowest BCUT2D eigenvalue weighted by atomic mass is 10.1. The van der Waals surface area contributed by atoms with Gasteiger partial charge in [0.25, 0.3) is 5.91 Å². The van der Waals surface area contributed by atoms with Gasteiger partial charge in [0, 0.05) is 11.6 Å². The molecule has 0 fully saturated rings. The van der Waals surface area contributed by atoms with Crippen LogP contribution in [0.25, 0.3) is 0 Å². The minimum absolute atomic E-state index is 0.0938. The summed E-state index contributed by atoms with van der Waals surface area (Å²) in [5.41, 5.74) is 1.57. The molecule has 0 saturated heterocycles. The standard InChI is InChI=1S/C18H18ClNO3/c1-13(21)16-4-2-3-5-17(16)23-12-18(22)20-11-10-14-6-8-15(19)9-7-14/h2-9H,10-12H2,1H3,(H,20,22). The third-order valence-electron chi connectivity index (χ3n) is 3.27. The molecule has 0 saturated carbocycles. The summed E-state index contributed by atoms with van der Waals surface area (Å²) in [5, 5.41) is 3.47. The number of para-hydroxylation sites is 1. The Bertz CT molecular complexity index is 683. The van der Waals surface area contributed by atoms with E-state index in [-0.39, 0.29) is 18.3 Å². The van der Waals surface area contributed by atoms with E-state index in [4.69, 9.17) is 16.3 Å². The van der Waals surface area contributed by atoms with Gasteiger partial charge in [-0.05, 0) is 43.2 Å². The zero-order valence-electron chi connectivity index (χ0n) is 12.8. The van der Waals surface area contributed by atoms with Gasteiger partial charge in [-0.3, -0.25) is 9.59 Å². The fraction of sp³-hybridized carbons (Fsp3) is 0.222. The Balaban J connectivity index is 1.77. The van der Waals surface area contributed by atoms with Gasteiger partial charge in [0.1, 0.15) is 5.75 Å². The maximum absolute atomic E-state index is 11.8. The summed E-state index contributed by atoms with van der Waals surface area (Å²) in [6.45, 7) is 1.86. The highest BCUT2D eigenvalue weighted by Gasteiger charge is 2.09. The van der Waals surface area contributed by atoms with Crippen LogP contribution in [0, 0.1) is 0 Å². The Labute approximate surface area is 140 Å². The summed E-state index contributed by atoms with van der Waals surface area (Å²) in [7, 11) is 0. The van der Waals surface area contributed by atoms with E-state index in [9.17, 15) is 9.59 Å². The van der Waals surface area contributed by atoms with Gasteiger partial charge in [-0.2, -0.15) is 0 Å². The molecular formula is C18H18ClNO3. The molecule has 0 aliphatic heterocycles. The van der Waals surface area contributed by atoms with Crippen LogP contribution in [0.3, 0.4) is 0 Å². The second kappa shape index (κ2) is 8.34. The predicted octanol–water partition coefficient (Wildman–Crippen LogP) is 3.28. The van der Waals surface area contributed by atoms with Crippen molar-refractivity contribution < 1.29 is 14.3 Å². The number of benzene rings is 2. The molecule has 0 aliphatic rings. The van der Waals surface area contributed by atoms with Crippen LogP contribution in [-0.2, 0) is 11.2 Å². The van der Waals surface area contributed by atoms with Crippen molar-refractivity contribution in [2.75, 3.05) is 13.2 Å². The number of carbonyl (C=O) groups excluding carboxylic acids is 2. The van der Waals surface area contributed by atoms with Gasteiger partial charge >= 0.3 is 0 Å². The zero-order valence-corrected chi connectivity index (χ0v) is 13.6. The van der Waals surface area contributed by atoms with Gasteiger partial charge in [0.05, 0.1) is 5.56 Å². The van der Waals surface area contributed by atoms with Crippen LogP contribution in [0.5, 0.6) is 5.75 Å². The number of ketones is 1. The molecule has 5 heteroatoms. The summed E-state index contributed by atoms with van der Waals surface area (Å²) in [6.07, 6.45) is 0.715. The molecule has 1 amide bonds. The van der Waals surface area contributed by atoms with Crippen molar-refractivity contribution in [1.82, 2.24) is 5.32 Å². The van der Waals surface area contributed by atoms with Gasteiger partial charge in [-0.1, -0.05) is 35.9 Å². The number of hydrogen-bond acceptors (Lipinski definition) is 3. The first-order chi connectivity index (χ1) is 11.1. The molecule has 1 N–H and O–H groups in total. The molecule has 2 aromatic carbocycles. The number of halogens is 1. The third kappa shape index (κ3) is 5.42. The number of nitrogens with one attached hydrogen (secondary N) is 1. The third-order valence-corrected chi connectivity index (χ3v) is 3.53. The van der Waals surface area contributed by atoms with Crippen LogP contribution < -0.4 is 10.1 Å². The van der Waals surface area contributed by atoms with Crippen LogP contribution in [0.15, 0.2) is 48.5 Å². The van der Waals surface area contributed by atoms with Crippen LogP contribution in [0.2, 0.25) is 5.02 Å². The molecule has 0 bridgehead atoms. The molecule has 0 heterocycles. The van der Waals surface area contributed by atoms with Gasteiger partial charge in [-0.15, -0.1) is 0 Å². The predicted molar refractivity (Wildman–Crippen MR) is 90.1 cm³/mol. The first-order valence-corrected chi connectivity index (χ1v) is 7.68. The molecule has 2 rings (SSSR count). The lowest BCUT2D eigenvalue weighted by Crippen LogP contribution is -2.30. The summed E-state index contributed by atoms with van der Waals surface area (Å²) < 4.78 is 5.43. The zero-order chi connectivity index (χ0) is 16.7. The molecule has 0 atom stereocenters. The highest BCUT2D eigenvalue weighted by atomic mass is 35.5. The van der Waals surface area contributed by atoms with Gasteiger partial charge in [0.2, 0.25) is 0 Å². The first kappa shape index (κ1) is 17.0. The molecule has 23 heavy (non-hydrogen) atoms. The second-order valence-corrected chi connectivity index (χ2v) is 5.50. The van der Waals surface area contributed by atoms with Crippen molar-refractivity contribution in [1.29, 1.82) is 0 Å². The fourth-order valence-electron chi connectivity index (χ4n) is 2.08. The highest BCUT2D eigenvalue weighted by molar-refractivity contribution is 6.30. The monoisotopic (exact) mass is 331 g/mol. The summed E-state index contributed by atoms with van der Waals surface area (Å²) in [5.74, 6) is 0.105. The van der Waals surface area contributed by atoms with E-state index in [2.05, 4.69) is 5.32 Å². The lowest BCUT2D eigenvalue weighted by molar-refractivity contribution is -0.123. The van der Waals surface area contributed by atoms with Gasteiger partial charge in [0.15, 0.2) is 12.4 Å². The van der Waals surface area contributed by atoms with Gasteiger partial charge < -0.3 is 10.1 Å². The molecule has 0 unspecified atom stereocenters. The van der Waals surface area contributed by atoms with Crippen molar-refractivity contribution in [3.8, 4) is 5.75 Å². The highest BCUT2D eigenvalue weighted by Crippen LogP contribution is 2.18. The topological polar surface area (TPSA) is 55.4 Å². The average molecular weight is 332 g/mol. The minimum Gasteiger partial charge on any atom is -0.483 e. The number of Topliss-reactive ketones (excluding diaryl/α,β-unsaturated/α-hetero) is 1. The smallest absolute Gasteiger partial charge is 0.257 e. The lowest BCUT2D eigenvalue weighted by Gasteiger charge is -2.10. The Hall–Kier alpha value is -2.33. The van der Waals surface area contributed by atoms with E-state index in [1.807, 2.05) is 24.3 Å². The number of hydrogen-bond donors (Lipinski definition) is 1. The van der Waals surface area contributed by atoms with Crippen molar-refractivity contribution in [2.24, 2.45) is 0 Å². The van der Waals surface area contributed by atoms with E-state index in [1.165, 1.54) is 6.92 Å². The molecule has 0 aromatic heterocycles. The van der Waals surface area contributed by atoms with Gasteiger partial charge in [-0.25, -0.2) is 0 Å². The maximum Gasteiger partial charge on any atom is 0.257 e. The van der Waals surface area contributed by atoms with Crippen LogP contribution in [0.4, 0.5) is 0 Å². The fourth-order valence-corrected chi connectivity index (χ4v) is 2.20. The SMILES string of the molecule is CC(=O)c1ccccc1OCC(=O)NCCc1ccc(Cl)cc1. The van der Waals surface area contributed by atoms with Crippen molar-refractivity contribution in [2.45, 2.75) is 13.3 Å². The quantitative estimate of drug-likeness (QED) is 0.792. The average Bonchev–Trinajstić information content (AvgIpc) is 2.55. The molecule has 2 aromatic rings. The maximum atomic E-state index is 11.8. The van der Waals surface area contributed by atoms with E-state index in [1.54, 1.807) is 24.3 Å². The molecule has 4 nitrogen and oxygen atoms in total. The summed E-state index contributed by atoms with van der Waals surface area (Å²) in [4.78, 5) is 23.3. The molecular weight excluding hydrogens is 314 g/mol. The molecule has 120 valence electrons. The number of amides is 1. The second-order valence-electron chi connectivity index (χ2n) is 5.07. The molecule has 0 radical (unpaired) electrons. The van der Waals surface area contributed by atoms with Crippen molar-refractivity contribution in [3.05, 3.63) is 64.7 Å². The van der Waals surface area contributed by atoms with E-state index in [0.29, 0.717) is 29.3 Å². The van der Waals surface area contributed by atoms with E-state index in [0.717, 1.165) is 5.56 Å². The summed E-state index contributed by atoms with van der Waals surface area (Å²) in [6, 6.07) is 14.4. The van der Waals surface area contributed by atoms with Crippen molar-refractivity contribution in [3.63, 3.8) is 0 Å². The number of rotatable bonds is 7.